The molecule has 0 unspecified atom stereocenters. The van der Waals surface area contributed by atoms with E-state index in [0.717, 1.165) is 31.4 Å². The second kappa shape index (κ2) is 12.6. The Morgan fingerprint density at radius 2 is 1.67 bits per heavy atom. The van der Waals surface area contributed by atoms with Crippen LogP contribution in [0.1, 0.15) is 58.0 Å². The molecular formula is C32H41F3N6O3Si. The van der Waals surface area contributed by atoms with Crippen molar-refractivity contribution < 1.29 is 27.1 Å². The Morgan fingerprint density at radius 1 is 0.956 bits per heavy atom. The Kier molecular flexibility index (Phi) is 9.14. The summed E-state index contributed by atoms with van der Waals surface area (Å²) in [5.74, 6) is 2.10. The first-order valence-corrected chi connectivity index (χ1v) is 18.1. The second-order valence-electron chi connectivity index (χ2n) is 13.2. The maximum atomic E-state index is 13.0. The number of nitrogens with one attached hydrogen (secondary N) is 1. The number of halogens is 3. The number of hydrogen-bond acceptors (Lipinski definition) is 8. The molecule has 4 aromatic rings. The maximum Gasteiger partial charge on any atom is 0.422 e. The lowest BCUT2D eigenvalue weighted by Crippen LogP contribution is -2.45. The zero-order valence-corrected chi connectivity index (χ0v) is 27.8. The van der Waals surface area contributed by atoms with Gasteiger partial charge in [0.15, 0.2) is 20.7 Å². The number of fused-ring (bicyclic) bond motifs is 1. The van der Waals surface area contributed by atoms with Crippen molar-refractivity contribution >= 4 is 25.5 Å². The van der Waals surface area contributed by atoms with Crippen LogP contribution in [0.5, 0.6) is 11.6 Å². The minimum atomic E-state index is -4.49. The SMILES string of the molecule is Cc1cc(Nc2cc3c(-c4cc(OCC(F)(F)F)ncc4OC4CCC(O[Si](C)(C)C(C)(C)C)CC4)cccn3n2)nc(C)n1. The van der Waals surface area contributed by atoms with Crippen molar-refractivity contribution in [2.75, 3.05) is 11.9 Å². The number of aryl methyl sites for hydroxylation is 2. The highest BCUT2D eigenvalue weighted by Gasteiger charge is 2.40. The standard InChI is InChI=1S/C32H41F3N6O3Si/c1-20-15-28(38-21(2)37-20)39-29-17-26-24(9-8-14-41(26)40-29)25-16-30(42-19-32(33,34)35)36-18-27(25)43-22-10-12-23(13-11-22)44-45(6,7)31(3,4)5/h8-9,14-18,22-23H,10-13,19H2,1-7H3,(H,37,38,39,40). The molecular weight excluding hydrogens is 601 g/mol. The van der Waals surface area contributed by atoms with Crippen molar-refractivity contribution in [2.45, 2.75) is 96.8 Å². The number of aromatic nitrogens is 5. The van der Waals surface area contributed by atoms with Gasteiger partial charge in [0, 0.05) is 47.3 Å². The van der Waals surface area contributed by atoms with Gasteiger partial charge in [0.1, 0.15) is 17.4 Å². The topological polar surface area (TPSA) is 95.7 Å². The molecule has 0 aromatic carbocycles. The number of hydrogen-bond donors (Lipinski definition) is 1. The largest absolute Gasteiger partial charge is 0.488 e. The molecule has 9 nitrogen and oxygen atoms in total. The number of nitrogens with zero attached hydrogens (tertiary/aromatic N) is 5. The number of pyridine rings is 2. The Balaban J connectivity index is 1.42. The third-order valence-electron chi connectivity index (χ3n) is 8.42. The van der Waals surface area contributed by atoms with Crippen LogP contribution in [0.25, 0.3) is 16.6 Å². The molecule has 0 aliphatic heterocycles. The van der Waals surface area contributed by atoms with E-state index in [9.17, 15) is 13.2 Å². The van der Waals surface area contributed by atoms with Gasteiger partial charge in [-0.1, -0.05) is 26.8 Å². The first-order chi connectivity index (χ1) is 21.1. The van der Waals surface area contributed by atoms with Crippen LogP contribution in [0.15, 0.2) is 42.7 Å². The van der Waals surface area contributed by atoms with Crippen molar-refractivity contribution in [1.29, 1.82) is 0 Å². The summed E-state index contributed by atoms with van der Waals surface area (Å²) in [5, 5.41) is 8.00. The van der Waals surface area contributed by atoms with Crippen LogP contribution in [0, 0.1) is 13.8 Å². The molecule has 0 saturated heterocycles. The molecule has 13 heteroatoms. The molecule has 1 aliphatic carbocycles. The highest BCUT2D eigenvalue weighted by atomic mass is 28.4. The number of anilines is 2. The third-order valence-corrected chi connectivity index (χ3v) is 13.0. The smallest absolute Gasteiger partial charge is 0.422 e. The molecule has 4 heterocycles. The molecule has 45 heavy (non-hydrogen) atoms. The number of alkyl halides is 3. The van der Waals surface area contributed by atoms with Gasteiger partial charge in [-0.05, 0) is 63.7 Å². The molecule has 5 rings (SSSR count). The van der Waals surface area contributed by atoms with Gasteiger partial charge < -0.3 is 19.2 Å². The molecule has 1 N–H and O–H groups in total. The molecule has 0 amide bonds. The van der Waals surface area contributed by atoms with Gasteiger partial charge in [0.25, 0.3) is 0 Å². The Labute approximate surface area is 262 Å². The molecule has 0 radical (unpaired) electrons. The molecule has 1 fully saturated rings. The van der Waals surface area contributed by atoms with Crippen LogP contribution in [0.2, 0.25) is 18.1 Å². The molecule has 4 aromatic heterocycles. The molecule has 242 valence electrons. The lowest BCUT2D eigenvalue weighted by molar-refractivity contribution is -0.154. The quantitative estimate of drug-likeness (QED) is 0.183. The van der Waals surface area contributed by atoms with E-state index in [1.807, 2.05) is 38.1 Å². The van der Waals surface area contributed by atoms with Gasteiger partial charge in [-0.3, -0.25) is 0 Å². The fraction of sp³-hybridized carbons (Fsp3) is 0.500. The van der Waals surface area contributed by atoms with Crippen LogP contribution in [-0.4, -0.2) is 57.9 Å². The van der Waals surface area contributed by atoms with E-state index >= 15 is 0 Å². The van der Waals surface area contributed by atoms with Crippen LogP contribution >= 0.6 is 0 Å². The van der Waals surface area contributed by atoms with Crippen molar-refractivity contribution in [3.05, 3.63) is 54.2 Å². The van der Waals surface area contributed by atoms with Crippen molar-refractivity contribution in [1.82, 2.24) is 24.6 Å². The number of rotatable bonds is 9. The summed E-state index contributed by atoms with van der Waals surface area (Å²) in [6.07, 6.45) is 2.21. The van der Waals surface area contributed by atoms with E-state index in [-0.39, 0.29) is 23.1 Å². The Hall–Kier alpha value is -3.71. The minimum Gasteiger partial charge on any atom is -0.488 e. The van der Waals surface area contributed by atoms with Gasteiger partial charge in [-0.25, -0.2) is 19.5 Å². The van der Waals surface area contributed by atoms with Crippen molar-refractivity contribution in [2.24, 2.45) is 0 Å². The van der Waals surface area contributed by atoms with Gasteiger partial charge in [-0.15, -0.1) is 0 Å². The zero-order valence-electron chi connectivity index (χ0n) is 26.8. The fourth-order valence-corrected chi connectivity index (χ4v) is 6.64. The average molecular weight is 643 g/mol. The molecule has 0 spiro atoms. The second-order valence-corrected chi connectivity index (χ2v) is 17.9. The van der Waals surface area contributed by atoms with E-state index in [0.29, 0.717) is 39.9 Å². The third kappa shape index (κ3) is 8.12. The predicted octanol–water partition coefficient (Wildman–Crippen LogP) is 8.20. The molecule has 0 atom stereocenters. The normalized spacial score (nSPS) is 17.8. The van der Waals surface area contributed by atoms with E-state index in [2.05, 4.69) is 59.2 Å². The monoisotopic (exact) mass is 642 g/mol. The summed E-state index contributed by atoms with van der Waals surface area (Å²) in [6.45, 7) is 13.5. The average Bonchev–Trinajstić information content (AvgIpc) is 3.34. The summed E-state index contributed by atoms with van der Waals surface area (Å²) in [6, 6.07) is 8.87. The lowest BCUT2D eigenvalue weighted by atomic mass is 9.95. The summed E-state index contributed by atoms with van der Waals surface area (Å²) in [4.78, 5) is 12.9. The lowest BCUT2D eigenvalue weighted by Gasteiger charge is -2.41. The molecule has 1 aliphatic rings. The highest BCUT2D eigenvalue weighted by Crippen LogP contribution is 2.41. The number of ether oxygens (including phenoxy) is 2. The molecule has 0 bridgehead atoms. The highest BCUT2D eigenvalue weighted by molar-refractivity contribution is 6.74. The Bertz CT molecular complexity index is 1630. The maximum absolute atomic E-state index is 13.0. The predicted molar refractivity (Wildman–Crippen MR) is 170 cm³/mol. The van der Waals surface area contributed by atoms with E-state index < -0.39 is 21.1 Å². The van der Waals surface area contributed by atoms with E-state index in [1.165, 1.54) is 12.3 Å². The zero-order chi connectivity index (χ0) is 32.6. The Morgan fingerprint density at radius 3 is 2.33 bits per heavy atom. The van der Waals surface area contributed by atoms with Crippen molar-refractivity contribution in [3.63, 3.8) is 0 Å². The van der Waals surface area contributed by atoms with Crippen molar-refractivity contribution in [3.8, 4) is 22.8 Å². The first kappa shape index (κ1) is 32.7. The summed E-state index contributed by atoms with van der Waals surface area (Å²) in [5.41, 5.74) is 2.80. The van der Waals surface area contributed by atoms with E-state index in [1.54, 1.807) is 10.7 Å². The molecule has 1 saturated carbocycles. The van der Waals surface area contributed by atoms with Gasteiger partial charge in [-0.2, -0.15) is 18.3 Å². The van der Waals surface area contributed by atoms with Crippen LogP contribution in [0.3, 0.4) is 0 Å². The van der Waals surface area contributed by atoms with Crippen LogP contribution in [0.4, 0.5) is 24.8 Å². The fourth-order valence-electron chi connectivity index (χ4n) is 5.22. The summed E-state index contributed by atoms with van der Waals surface area (Å²) < 4.78 is 58.8. The van der Waals surface area contributed by atoms with E-state index in [4.69, 9.17) is 13.9 Å². The van der Waals surface area contributed by atoms with Crippen LogP contribution in [-0.2, 0) is 4.43 Å². The van der Waals surface area contributed by atoms with Gasteiger partial charge in [0.05, 0.1) is 17.8 Å². The first-order valence-electron chi connectivity index (χ1n) is 15.2. The summed E-state index contributed by atoms with van der Waals surface area (Å²) >= 11 is 0. The summed E-state index contributed by atoms with van der Waals surface area (Å²) in [7, 11) is -1.89. The minimum absolute atomic E-state index is 0.0853. The van der Waals surface area contributed by atoms with Crippen LogP contribution < -0.4 is 14.8 Å². The van der Waals surface area contributed by atoms with Gasteiger partial charge in [0.2, 0.25) is 5.88 Å². The van der Waals surface area contributed by atoms with Gasteiger partial charge >= 0.3 is 6.18 Å².